The molecule has 0 saturated carbocycles. The molecule has 2 fully saturated rings. The zero-order valence-electron chi connectivity index (χ0n) is 25.0. The summed E-state index contributed by atoms with van der Waals surface area (Å²) in [6, 6.07) is 7.69. The molecule has 0 radical (unpaired) electrons. The van der Waals surface area contributed by atoms with Crippen molar-refractivity contribution in [3.05, 3.63) is 82.2 Å². The first-order chi connectivity index (χ1) is 21.2. The average molecular weight is 613 g/mol. The van der Waals surface area contributed by atoms with Gasteiger partial charge in [0.05, 0.1) is 17.9 Å². The van der Waals surface area contributed by atoms with Crippen LogP contribution in [0.2, 0.25) is 0 Å². The summed E-state index contributed by atoms with van der Waals surface area (Å²) in [7, 11) is 5.91. The fraction of sp³-hybridized carbons (Fsp3) is 0.472. The zero-order valence-corrected chi connectivity index (χ0v) is 25.0. The number of benzene rings is 2. The SMILES string of the molecule is C.CN1CC[C@]23c4c5ccc(O)c4O[C@H]2C(=O)C=C[C@@]3(O)[C@H]1C5.COC1=CC=C2[C@H]3Cc4ccc(O)c5c4[C@@]2(CCN3C)[C@H]1O5. The van der Waals surface area contributed by atoms with E-state index in [0.717, 1.165) is 42.8 Å². The Labute approximate surface area is 263 Å². The molecule has 10 rings (SSSR count). The van der Waals surface area contributed by atoms with Gasteiger partial charge in [-0.1, -0.05) is 25.6 Å². The number of hydrogen-bond acceptors (Lipinski definition) is 9. The van der Waals surface area contributed by atoms with Gasteiger partial charge in [0.15, 0.2) is 41.0 Å². The van der Waals surface area contributed by atoms with Crippen LogP contribution in [0.1, 0.15) is 42.5 Å². The van der Waals surface area contributed by atoms with Crippen molar-refractivity contribution in [2.75, 3.05) is 34.3 Å². The van der Waals surface area contributed by atoms with Gasteiger partial charge in [0, 0.05) is 23.2 Å². The summed E-state index contributed by atoms with van der Waals surface area (Å²) >= 11 is 0. The van der Waals surface area contributed by atoms with E-state index < -0.39 is 17.1 Å². The maximum absolute atomic E-state index is 12.4. The Bertz CT molecular complexity index is 1760. The molecule has 4 aliphatic carbocycles. The summed E-state index contributed by atoms with van der Waals surface area (Å²) < 4.78 is 17.7. The van der Waals surface area contributed by atoms with Crippen LogP contribution in [0.3, 0.4) is 0 Å². The Morgan fingerprint density at radius 2 is 1.56 bits per heavy atom. The Morgan fingerprint density at radius 1 is 0.889 bits per heavy atom. The van der Waals surface area contributed by atoms with Crippen molar-refractivity contribution in [1.29, 1.82) is 0 Å². The second-order valence-electron chi connectivity index (χ2n) is 13.7. The number of carbonyl (C=O) groups excluding carboxylic acids is 1. The van der Waals surface area contributed by atoms with Crippen LogP contribution in [-0.2, 0) is 33.2 Å². The van der Waals surface area contributed by atoms with Gasteiger partial charge in [0.25, 0.3) is 0 Å². The predicted octanol–water partition coefficient (Wildman–Crippen LogP) is 3.28. The predicted molar refractivity (Wildman–Crippen MR) is 167 cm³/mol. The Morgan fingerprint density at radius 3 is 2.29 bits per heavy atom. The van der Waals surface area contributed by atoms with Gasteiger partial charge in [0.1, 0.15) is 11.4 Å². The summed E-state index contributed by atoms with van der Waals surface area (Å²) in [6.45, 7) is 1.83. The van der Waals surface area contributed by atoms with Crippen LogP contribution in [0.25, 0.3) is 0 Å². The first-order valence-electron chi connectivity index (χ1n) is 15.5. The quantitative estimate of drug-likeness (QED) is 0.447. The topological polar surface area (TPSA) is 112 Å². The second-order valence-corrected chi connectivity index (χ2v) is 13.7. The lowest BCUT2D eigenvalue weighted by molar-refractivity contribution is -0.151. The fourth-order valence-corrected chi connectivity index (χ4v) is 10.1. The zero-order chi connectivity index (χ0) is 30.3. The Hall–Kier alpha value is -3.79. The van der Waals surface area contributed by atoms with E-state index in [-0.39, 0.29) is 42.3 Å². The van der Waals surface area contributed by atoms with Crippen molar-refractivity contribution in [1.82, 2.24) is 9.80 Å². The van der Waals surface area contributed by atoms with Crippen molar-refractivity contribution in [3.63, 3.8) is 0 Å². The minimum Gasteiger partial charge on any atom is -0.504 e. The largest absolute Gasteiger partial charge is 0.504 e. The van der Waals surface area contributed by atoms with Crippen molar-refractivity contribution in [3.8, 4) is 23.0 Å². The first-order valence-corrected chi connectivity index (χ1v) is 15.5. The van der Waals surface area contributed by atoms with Gasteiger partial charge in [-0.3, -0.25) is 14.6 Å². The number of allylic oxidation sites excluding steroid dienone is 2. The number of aromatic hydroxyl groups is 2. The average Bonchev–Trinajstić information content (AvgIpc) is 3.56. The Balaban J connectivity index is 0.000000131. The second kappa shape index (κ2) is 9.15. The maximum Gasteiger partial charge on any atom is 0.196 e. The minimum absolute atomic E-state index is 0. The fourth-order valence-electron chi connectivity index (χ4n) is 10.1. The summed E-state index contributed by atoms with van der Waals surface area (Å²) in [4.78, 5) is 17.0. The molecule has 2 aromatic carbocycles. The molecule has 9 heteroatoms. The Kier molecular flexibility index (Phi) is 5.83. The van der Waals surface area contributed by atoms with Gasteiger partial charge >= 0.3 is 0 Å². The normalized spacial score (nSPS) is 37.0. The molecular weight excluding hydrogens is 572 g/mol. The smallest absolute Gasteiger partial charge is 0.196 e. The van der Waals surface area contributed by atoms with Crippen molar-refractivity contribution in [2.24, 2.45) is 0 Å². The molecule has 2 saturated heterocycles. The molecule has 7 atom stereocenters. The molecule has 4 aliphatic heterocycles. The van der Waals surface area contributed by atoms with Crippen LogP contribution >= 0.6 is 0 Å². The number of phenols is 2. The molecule has 0 aromatic heterocycles. The highest BCUT2D eigenvalue weighted by atomic mass is 16.5. The number of aliphatic hydroxyl groups is 1. The third-order valence-corrected chi connectivity index (χ3v) is 12.1. The van der Waals surface area contributed by atoms with Crippen molar-refractivity contribution < 1.29 is 34.3 Å². The molecule has 2 spiro atoms. The molecular formula is C36H40N2O7. The highest BCUT2D eigenvalue weighted by Crippen LogP contribution is 2.64. The third kappa shape index (κ3) is 3.16. The number of carbonyl (C=O) groups is 1. The summed E-state index contributed by atoms with van der Waals surface area (Å²) in [5.41, 5.74) is 3.80. The van der Waals surface area contributed by atoms with E-state index in [0.29, 0.717) is 30.4 Å². The number of phenolic OH excluding ortho intramolecular Hbond substituents is 2. The molecule has 3 N–H and O–H groups in total. The number of ketones is 1. The van der Waals surface area contributed by atoms with Gasteiger partial charge < -0.3 is 29.5 Å². The molecule has 2 aromatic rings. The van der Waals surface area contributed by atoms with Crippen molar-refractivity contribution in [2.45, 2.75) is 73.8 Å². The standard InChI is InChI=1S/C18H19NO3.C17H17NO4.CH4/c1-19-8-7-18-11-4-6-14(21-2)17(18)22-16-13(20)5-3-10(15(16)18)9-12(11)19;1-18-7-6-16-13-9-2-3-10(19)14(13)22-15(16)11(20)4-5-17(16,21)12(18)8-9;/h3-6,12,17,20H,7-9H2,1-2H3;2-5,12,15,19,21H,6-8H2,1H3;1H4/t12-,17+,18+;12-,15+,16+,17-;/m11./s1. The van der Waals surface area contributed by atoms with E-state index >= 15 is 0 Å². The van der Waals surface area contributed by atoms with Crippen LogP contribution in [0.15, 0.2) is 59.9 Å². The number of rotatable bonds is 1. The number of likely N-dealkylation sites (N-methyl/N-ethyl adjacent to an activating group) is 2. The lowest BCUT2D eigenvalue weighted by Gasteiger charge is -2.60. The number of ether oxygens (including phenoxy) is 3. The number of piperidine rings is 2. The summed E-state index contributed by atoms with van der Waals surface area (Å²) in [5.74, 6) is 2.08. The molecule has 0 amide bonds. The van der Waals surface area contributed by atoms with E-state index in [9.17, 15) is 20.1 Å². The highest BCUT2D eigenvalue weighted by Gasteiger charge is 2.71. The number of methoxy groups -OCH3 is 1. The van der Waals surface area contributed by atoms with Gasteiger partial charge in [0.2, 0.25) is 0 Å². The molecule has 45 heavy (non-hydrogen) atoms. The number of hydrogen-bond donors (Lipinski definition) is 3. The maximum atomic E-state index is 12.4. The van der Waals surface area contributed by atoms with E-state index in [4.69, 9.17) is 14.2 Å². The van der Waals surface area contributed by atoms with Crippen LogP contribution in [-0.4, -0.2) is 95.1 Å². The van der Waals surface area contributed by atoms with Gasteiger partial charge in [-0.05, 0) is 99.9 Å². The summed E-state index contributed by atoms with van der Waals surface area (Å²) in [5, 5.41) is 32.0. The lowest BCUT2D eigenvalue weighted by atomic mass is 9.51. The van der Waals surface area contributed by atoms with Gasteiger partial charge in [-0.25, -0.2) is 0 Å². The molecule has 4 bridgehead atoms. The van der Waals surface area contributed by atoms with Crippen LogP contribution in [0.5, 0.6) is 23.0 Å². The highest BCUT2D eigenvalue weighted by molar-refractivity contribution is 5.99. The van der Waals surface area contributed by atoms with Gasteiger partial charge in [-0.2, -0.15) is 0 Å². The lowest BCUT2D eigenvalue weighted by Crippen LogP contribution is -2.74. The number of nitrogens with zero attached hydrogens (tertiary/aromatic N) is 2. The van der Waals surface area contributed by atoms with E-state index in [1.165, 1.54) is 22.8 Å². The van der Waals surface area contributed by atoms with Crippen molar-refractivity contribution >= 4 is 5.78 Å². The van der Waals surface area contributed by atoms with Crippen LogP contribution < -0.4 is 9.47 Å². The molecule has 8 aliphatic rings. The van der Waals surface area contributed by atoms with E-state index in [1.807, 2.05) is 19.2 Å². The minimum atomic E-state index is -1.13. The van der Waals surface area contributed by atoms with E-state index in [1.54, 1.807) is 25.3 Å². The first kappa shape index (κ1) is 28.7. The molecule has 236 valence electrons. The van der Waals surface area contributed by atoms with Crippen LogP contribution in [0.4, 0.5) is 0 Å². The van der Waals surface area contributed by atoms with Gasteiger partial charge in [-0.15, -0.1) is 0 Å². The van der Waals surface area contributed by atoms with E-state index in [2.05, 4.69) is 29.0 Å². The number of likely N-dealkylation sites (tertiary alicyclic amines) is 2. The molecule has 4 heterocycles. The monoisotopic (exact) mass is 612 g/mol. The summed E-state index contributed by atoms with van der Waals surface area (Å²) in [6.07, 6.45) is 9.81. The molecule has 9 nitrogen and oxygen atoms in total. The molecule has 0 unspecified atom stereocenters. The van der Waals surface area contributed by atoms with Crippen LogP contribution in [0, 0.1) is 0 Å². The third-order valence-electron chi connectivity index (χ3n) is 12.1.